The van der Waals surface area contributed by atoms with E-state index in [0.29, 0.717) is 41.1 Å². The van der Waals surface area contributed by atoms with E-state index in [1.54, 1.807) is 29.1 Å². The van der Waals surface area contributed by atoms with E-state index in [1.807, 2.05) is 6.92 Å². The van der Waals surface area contributed by atoms with Gasteiger partial charge >= 0.3 is 0 Å². The van der Waals surface area contributed by atoms with Gasteiger partial charge in [0.1, 0.15) is 18.1 Å². The molecule has 108 valence electrons. The molecule has 0 spiro atoms. The minimum atomic E-state index is -0.574. The van der Waals surface area contributed by atoms with Crippen LogP contribution >= 0.6 is 23.2 Å². The Morgan fingerprint density at radius 1 is 1.40 bits per heavy atom. The van der Waals surface area contributed by atoms with Crippen LogP contribution in [0.15, 0.2) is 24.4 Å². The first-order chi connectivity index (χ1) is 9.60. The molecule has 0 amide bonds. The van der Waals surface area contributed by atoms with Crippen molar-refractivity contribution in [3.05, 3.63) is 40.1 Å². The van der Waals surface area contributed by atoms with Crippen LogP contribution in [0.25, 0.3) is 0 Å². The Labute approximate surface area is 127 Å². The molecule has 2 aromatic rings. The number of ether oxygens (including phenoxy) is 1. The Kier molecular flexibility index (Phi) is 5.23. The predicted octanol–water partition coefficient (Wildman–Crippen LogP) is 3.11. The third kappa shape index (κ3) is 3.85. The number of aliphatic hydroxyl groups is 1. The van der Waals surface area contributed by atoms with Crippen molar-refractivity contribution in [3.63, 3.8) is 0 Å². The minimum absolute atomic E-state index is 0.395. The summed E-state index contributed by atoms with van der Waals surface area (Å²) in [5.74, 6) is 0.574. The smallest absolute Gasteiger partial charge is 0.138 e. The molecule has 0 saturated heterocycles. The fourth-order valence-electron chi connectivity index (χ4n) is 1.63. The number of rotatable bonds is 6. The van der Waals surface area contributed by atoms with Crippen molar-refractivity contribution in [2.24, 2.45) is 0 Å². The van der Waals surface area contributed by atoms with Gasteiger partial charge in [0.2, 0.25) is 0 Å². The van der Waals surface area contributed by atoms with Crippen molar-refractivity contribution < 1.29 is 9.84 Å². The highest BCUT2D eigenvalue weighted by atomic mass is 35.5. The fourth-order valence-corrected chi connectivity index (χ4v) is 2.09. The first-order valence-electron chi connectivity index (χ1n) is 6.26. The van der Waals surface area contributed by atoms with E-state index >= 15 is 0 Å². The quantitative estimate of drug-likeness (QED) is 0.889. The standard InChI is InChI=1S/C13H15Cl2N3O2/c1-2-12(19)11-8-18(17-16-11)5-6-20-13-4-3-9(14)7-10(13)15/h3-4,7-8,12,19H,2,5-6H2,1H3. The first-order valence-corrected chi connectivity index (χ1v) is 7.01. The van der Waals surface area contributed by atoms with Crippen molar-refractivity contribution in [3.8, 4) is 5.75 Å². The lowest BCUT2D eigenvalue weighted by molar-refractivity contribution is 0.168. The van der Waals surface area contributed by atoms with Crippen molar-refractivity contribution in [1.29, 1.82) is 0 Å². The highest BCUT2D eigenvalue weighted by Crippen LogP contribution is 2.27. The number of nitrogens with zero attached hydrogens (tertiary/aromatic N) is 3. The molecular weight excluding hydrogens is 301 g/mol. The third-order valence-corrected chi connectivity index (χ3v) is 3.29. The predicted molar refractivity (Wildman–Crippen MR) is 77.2 cm³/mol. The van der Waals surface area contributed by atoms with Crippen molar-refractivity contribution in [2.45, 2.75) is 26.0 Å². The van der Waals surface area contributed by atoms with E-state index < -0.39 is 6.10 Å². The summed E-state index contributed by atoms with van der Waals surface area (Å²) in [5, 5.41) is 18.5. The highest BCUT2D eigenvalue weighted by Gasteiger charge is 2.09. The topological polar surface area (TPSA) is 60.2 Å². The number of hydrogen-bond donors (Lipinski definition) is 1. The zero-order valence-corrected chi connectivity index (χ0v) is 12.5. The summed E-state index contributed by atoms with van der Waals surface area (Å²) in [7, 11) is 0. The van der Waals surface area contributed by atoms with Crippen LogP contribution in [0.3, 0.4) is 0 Å². The molecule has 0 radical (unpaired) electrons. The summed E-state index contributed by atoms with van der Waals surface area (Å²) < 4.78 is 7.17. The Hall–Kier alpha value is -1.30. The summed E-state index contributed by atoms with van der Waals surface area (Å²) in [6, 6.07) is 5.07. The second-order valence-electron chi connectivity index (χ2n) is 4.25. The molecule has 0 aliphatic rings. The summed E-state index contributed by atoms with van der Waals surface area (Å²) >= 11 is 11.8. The number of aliphatic hydroxyl groups excluding tert-OH is 1. The first kappa shape index (κ1) is 15.1. The third-order valence-electron chi connectivity index (χ3n) is 2.76. The van der Waals surface area contributed by atoms with Crippen LogP contribution < -0.4 is 4.74 Å². The lowest BCUT2D eigenvalue weighted by Crippen LogP contribution is -2.09. The second kappa shape index (κ2) is 6.92. The van der Waals surface area contributed by atoms with Crippen LogP contribution in [0.2, 0.25) is 10.0 Å². The maximum absolute atomic E-state index is 9.63. The van der Waals surface area contributed by atoms with Gasteiger partial charge in [0, 0.05) is 5.02 Å². The van der Waals surface area contributed by atoms with Crippen molar-refractivity contribution in [2.75, 3.05) is 6.61 Å². The zero-order chi connectivity index (χ0) is 14.5. The lowest BCUT2D eigenvalue weighted by Gasteiger charge is -2.07. The van der Waals surface area contributed by atoms with Gasteiger partial charge in [-0.3, -0.25) is 0 Å². The van der Waals surface area contributed by atoms with Gasteiger partial charge in [0.25, 0.3) is 0 Å². The highest BCUT2D eigenvalue weighted by molar-refractivity contribution is 6.35. The van der Waals surface area contributed by atoms with E-state index in [0.717, 1.165) is 0 Å². The Morgan fingerprint density at radius 3 is 2.90 bits per heavy atom. The maximum atomic E-state index is 9.63. The summed E-state index contributed by atoms with van der Waals surface area (Å²) in [5.41, 5.74) is 0.567. The lowest BCUT2D eigenvalue weighted by atomic mass is 10.2. The maximum Gasteiger partial charge on any atom is 0.138 e. The monoisotopic (exact) mass is 315 g/mol. The molecule has 1 unspecified atom stereocenters. The van der Waals surface area contributed by atoms with Crippen LogP contribution in [0.1, 0.15) is 25.1 Å². The van der Waals surface area contributed by atoms with Gasteiger partial charge in [-0.05, 0) is 24.6 Å². The minimum Gasteiger partial charge on any atom is -0.490 e. The Balaban J connectivity index is 1.88. The SMILES string of the molecule is CCC(O)c1cn(CCOc2ccc(Cl)cc2Cl)nn1. The normalized spacial score (nSPS) is 12.4. The zero-order valence-electron chi connectivity index (χ0n) is 11.0. The number of aromatic nitrogens is 3. The molecular formula is C13H15Cl2N3O2. The molecule has 0 saturated carbocycles. The second-order valence-corrected chi connectivity index (χ2v) is 5.10. The summed E-state index contributed by atoms with van der Waals surface area (Å²) in [4.78, 5) is 0. The average molecular weight is 316 g/mol. The van der Waals surface area contributed by atoms with Gasteiger partial charge in [0.05, 0.1) is 23.9 Å². The van der Waals surface area contributed by atoms with Gasteiger partial charge in [-0.1, -0.05) is 35.3 Å². The number of benzene rings is 1. The van der Waals surface area contributed by atoms with Crippen molar-refractivity contribution >= 4 is 23.2 Å². The molecule has 1 heterocycles. The fraction of sp³-hybridized carbons (Fsp3) is 0.385. The van der Waals surface area contributed by atoms with Gasteiger partial charge < -0.3 is 9.84 Å². The van der Waals surface area contributed by atoms with Gasteiger partial charge in [-0.2, -0.15) is 0 Å². The van der Waals surface area contributed by atoms with Crippen LogP contribution in [-0.4, -0.2) is 26.7 Å². The Morgan fingerprint density at radius 2 is 2.20 bits per heavy atom. The largest absolute Gasteiger partial charge is 0.490 e. The summed E-state index contributed by atoms with van der Waals surface area (Å²) in [6.45, 7) is 2.80. The Bertz CT molecular complexity index is 574. The molecule has 7 heteroatoms. The molecule has 20 heavy (non-hydrogen) atoms. The van der Waals surface area contributed by atoms with Crippen LogP contribution in [0.4, 0.5) is 0 Å². The molecule has 1 aromatic heterocycles. The molecule has 1 atom stereocenters. The van der Waals surface area contributed by atoms with E-state index in [1.165, 1.54) is 0 Å². The molecule has 2 rings (SSSR count). The molecule has 5 nitrogen and oxygen atoms in total. The van der Waals surface area contributed by atoms with Crippen molar-refractivity contribution in [1.82, 2.24) is 15.0 Å². The van der Waals surface area contributed by atoms with E-state index in [2.05, 4.69) is 10.3 Å². The van der Waals surface area contributed by atoms with Gasteiger partial charge in [0.15, 0.2) is 0 Å². The van der Waals surface area contributed by atoms with Gasteiger partial charge in [-0.15, -0.1) is 5.10 Å². The summed E-state index contributed by atoms with van der Waals surface area (Å²) in [6.07, 6.45) is 1.74. The number of hydrogen-bond acceptors (Lipinski definition) is 4. The average Bonchev–Trinajstić information content (AvgIpc) is 2.89. The molecule has 0 aliphatic heterocycles. The van der Waals surface area contributed by atoms with Crippen LogP contribution in [-0.2, 0) is 6.54 Å². The molecule has 0 aliphatic carbocycles. The molecule has 0 bridgehead atoms. The molecule has 1 aromatic carbocycles. The van der Waals surface area contributed by atoms with Gasteiger partial charge in [-0.25, -0.2) is 4.68 Å². The van der Waals surface area contributed by atoms with Crippen LogP contribution in [0, 0.1) is 0 Å². The van der Waals surface area contributed by atoms with E-state index in [4.69, 9.17) is 27.9 Å². The van der Waals surface area contributed by atoms with E-state index in [-0.39, 0.29) is 0 Å². The number of halogens is 2. The molecule has 0 fully saturated rings. The van der Waals surface area contributed by atoms with E-state index in [9.17, 15) is 5.11 Å². The van der Waals surface area contributed by atoms with Crippen LogP contribution in [0.5, 0.6) is 5.75 Å². The molecule has 1 N–H and O–H groups in total.